The Morgan fingerprint density at radius 1 is 1.10 bits per heavy atom. The van der Waals surface area contributed by atoms with Crippen molar-refractivity contribution < 1.29 is 24.2 Å². The zero-order valence-electron chi connectivity index (χ0n) is 23.0. The van der Waals surface area contributed by atoms with Gasteiger partial charge in [0.25, 0.3) is 0 Å². The summed E-state index contributed by atoms with van der Waals surface area (Å²) in [4.78, 5) is 48.1. The summed E-state index contributed by atoms with van der Waals surface area (Å²) in [7, 11) is 0. The van der Waals surface area contributed by atoms with Crippen molar-refractivity contribution >= 4 is 39.3 Å². The number of alkyl halides is 1. The second kappa shape index (κ2) is 12.2. The number of aliphatic hydroxyl groups is 1. The van der Waals surface area contributed by atoms with Crippen LogP contribution in [0, 0.1) is 11.8 Å². The molecule has 0 radical (unpaired) electrons. The molecule has 2 bridgehead atoms. The van der Waals surface area contributed by atoms with Crippen LogP contribution in [0.2, 0.25) is 0 Å². The molecule has 1 aliphatic carbocycles. The normalized spacial score (nSPS) is 31.2. The quantitative estimate of drug-likeness (QED) is 0.304. The summed E-state index contributed by atoms with van der Waals surface area (Å²) in [6.45, 7) is 8.57. The zero-order valence-corrected chi connectivity index (χ0v) is 24.6. The minimum absolute atomic E-state index is 0.0847. The Kier molecular flexibility index (Phi) is 8.83. The maximum atomic E-state index is 14.5. The highest BCUT2D eigenvalue weighted by Gasteiger charge is 2.77. The summed E-state index contributed by atoms with van der Waals surface area (Å²) in [6, 6.07) is 8.59. The van der Waals surface area contributed by atoms with Crippen molar-refractivity contribution in [2.45, 2.75) is 73.6 Å². The van der Waals surface area contributed by atoms with Gasteiger partial charge in [-0.25, -0.2) is 0 Å². The average Bonchev–Trinajstić information content (AvgIpc) is 3.56. The van der Waals surface area contributed by atoms with Gasteiger partial charge in [-0.2, -0.15) is 0 Å². The number of benzene rings is 1. The van der Waals surface area contributed by atoms with Crippen molar-refractivity contribution in [2.75, 3.05) is 31.1 Å². The van der Waals surface area contributed by atoms with Gasteiger partial charge in [-0.3, -0.25) is 14.4 Å². The third-order valence-electron chi connectivity index (χ3n) is 9.14. The third kappa shape index (κ3) is 4.84. The topological polar surface area (TPSA) is 90.4 Å². The molecule has 6 atom stereocenters. The second-order valence-electron chi connectivity index (χ2n) is 11.4. The van der Waals surface area contributed by atoms with Gasteiger partial charge in [-0.15, -0.1) is 13.2 Å². The number of carbonyl (C=O) groups excluding carboxylic acids is 3. The number of aliphatic hydroxyl groups excluding tert-OH is 1. The fourth-order valence-electron chi connectivity index (χ4n) is 7.52. The molecule has 1 N–H and O–H groups in total. The van der Waals surface area contributed by atoms with E-state index in [2.05, 4.69) is 29.1 Å². The van der Waals surface area contributed by atoms with Gasteiger partial charge in [0, 0.05) is 42.8 Å². The zero-order chi connectivity index (χ0) is 28.4. The molecular formula is C31H40BrN3O5. The van der Waals surface area contributed by atoms with Crippen molar-refractivity contribution in [3.05, 3.63) is 55.6 Å². The summed E-state index contributed by atoms with van der Waals surface area (Å²) in [5.41, 5.74) is -0.395. The molecular weight excluding hydrogens is 574 g/mol. The molecule has 4 fully saturated rings. The van der Waals surface area contributed by atoms with Crippen molar-refractivity contribution in [1.29, 1.82) is 0 Å². The molecule has 0 aromatic heterocycles. The Morgan fingerprint density at radius 3 is 2.45 bits per heavy atom. The van der Waals surface area contributed by atoms with Crippen molar-refractivity contribution in [3.63, 3.8) is 0 Å². The second-order valence-corrected chi connectivity index (χ2v) is 12.6. The van der Waals surface area contributed by atoms with E-state index in [4.69, 9.17) is 4.74 Å². The molecule has 3 heterocycles. The standard InChI is InChI=1S/C31H40BrN3O5/c1-3-16-33(21-12-7-5-8-13-21)28(37)24-25-29(38)35(18-11-19-36)27(31(25)20-23(32)26(24)40-31)30(39)34(17-4-2)22-14-9-6-10-15-22/h3-5,7-8,12-13,22-27,36H,1-2,6,9-11,14-20H2/t23?,24-,25-,26-,27?,31?/m0/s1. The highest BCUT2D eigenvalue weighted by Crippen LogP contribution is 2.60. The van der Waals surface area contributed by atoms with Crippen molar-refractivity contribution in [1.82, 2.24) is 9.80 Å². The predicted molar refractivity (Wildman–Crippen MR) is 157 cm³/mol. The number of anilines is 1. The number of hydrogen-bond donors (Lipinski definition) is 1. The molecule has 1 saturated carbocycles. The summed E-state index contributed by atoms with van der Waals surface area (Å²) in [5.74, 6) is -2.10. The molecule has 3 saturated heterocycles. The Labute approximate surface area is 245 Å². The lowest BCUT2D eigenvalue weighted by Gasteiger charge is -2.41. The number of likely N-dealkylation sites (tertiary alicyclic amines) is 1. The first-order chi connectivity index (χ1) is 19.4. The lowest BCUT2D eigenvalue weighted by Crippen LogP contribution is -2.59. The summed E-state index contributed by atoms with van der Waals surface area (Å²) in [6.07, 6.45) is 8.83. The molecule has 9 heteroatoms. The first-order valence-corrected chi connectivity index (χ1v) is 15.4. The van der Waals surface area contributed by atoms with Crippen LogP contribution < -0.4 is 4.90 Å². The van der Waals surface area contributed by atoms with Crippen LogP contribution in [-0.4, -0.2) is 87.5 Å². The highest BCUT2D eigenvalue weighted by atomic mass is 79.9. The average molecular weight is 615 g/mol. The van der Waals surface area contributed by atoms with E-state index >= 15 is 0 Å². The van der Waals surface area contributed by atoms with Crippen LogP contribution in [0.5, 0.6) is 0 Å². The molecule has 1 spiro atoms. The summed E-state index contributed by atoms with van der Waals surface area (Å²) in [5, 5.41) is 9.65. The fourth-order valence-corrected chi connectivity index (χ4v) is 8.46. The molecule has 1 aromatic rings. The van der Waals surface area contributed by atoms with Gasteiger partial charge < -0.3 is 24.5 Å². The minimum atomic E-state index is -1.12. The lowest BCUT2D eigenvalue weighted by molar-refractivity contribution is -0.150. The van der Waals surface area contributed by atoms with Crippen molar-refractivity contribution in [2.24, 2.45) is 11.8 Å². The molecule has 4 aliphatic rings. The predicted octanol–water partition coefficient (Wildman–Crippen LogP) is 3.68. The molecule has 216 valence electrons. The largest absolute Gasteiger partial charge is 0.396 e. The number of ether oxygens (including phenoxy) is 1. The maximum absolute atomic E-state index is 14.5. The van der Waals surface area contributed by atoms with E-state index in [0.29, 0.717) is 19.4 Å². The van der Waals surface area contributed by atoms with E-state index in [1.807, 2.05) is 35.2 Å². The molecule has 1 aromatic carbocycles. The Balaban J connectivity index is 1.54. The van der Waals surface area contributed by atoms with Gasteiger partial charge in [0.05, 0.1) is 17.9 Å². The highest BCUT2D eigenvalue weighted by molar-refractivity contribution is 9.09. The smallest absolute Gasteiger partial charge is 0.248 e. The molecule has 5 rings (SSSR count). The van der Waals surface area contributed by atoms with Gasteiger partial charge >= 0.3 is 0 Å². The SMILES string of the molecule is C=CCN(C(=O)[C@H]1[C@H]2C(=O)N(CCCO)C(C(=O)N(CC=C)C3CCCCC3)C23CC(Br)[C@@H]1O3)c1ccccc1. The summed E-state index contributed by atoms with van der Waals surface area (Å²) < 4.78 is 6.71. The van der Waals surface area contributed by atoms with Crippen LogP contribution >= 0.6 is 15.9 Å². The van der Waals surface area contributed by atoms with Gasteiger partial charge in [-0.05, 0) is 37.8 Å². The fraction of sp³-hybridized carbons (Fsp3) is 0.581. The van der Waals surface area contributed by atoms with Crippen LogP contribution in [0.1, 0.15) is 44.9 Å². The molecule has 3 unspecified atom stereocenters. The van der Waals surface area contributed by atoms with Gasteiger partial charge in [0.1, 0.15) is 11.6 Å². The first kappa shape index (κ1) is 29.0. The summed E-state index contributed by atoms with van der Waals surface area (Å²) >= 11 is 3.77. The maximum Gasteiger partial charge on any atom is 0.248 e. The van der Waals surface area contributed by atoms with E-state index in [-0.39, 0.29) is 48.3 Å². The van der Waals surface area contributed by atoms with E-state index in [1.165, 1.54) is 0 Å². The number of amides is 3. The monoisotopic (exact) mass is 613 g/mol. The Morgan fingerprint density at radius 2 is 1.80 bits per heavy atom. The Hall–Kier alpha value is -2.49. The number of hydrogen-bond acceptors (Lipinski definition) is 5. The van der Waals surface area contributed by atoms with Gasteiger partial charge in [-0.1, -0.05) is 65.5 Å². The van der Waals surface area contributed by atoms with E-state index in [9.17, 15) is 19.5 Å². The van der Waals surface area contributed by atoms with Gasteiger partial charge in [0.2, 0.25) is 17.7 Å². The van der Waals surface area contributed by atoms with Crippen LogP contribution in [-0.2, 0) is 19.1 Å². The van der Waals surface area contributed by atoms with E-state index in [0.717, 1.165) is 37.8 Å². The van der Waals surface area contributed by atoms with Crippen LogP contribution in [0.4, 0.5) is 5.69 Å². The van der Waals surface area contributed by atoms with E-state index < -0.39 is 29.6 Å². The molecule has 40 heavy (non-hydrogen) atoms. The Bertz CT molecular complexity index is 1130. The van der Waals surface area contributed by atoms with Crippen LogP contribution in [0.3, 0.4) is 0 Å². The first-order valence-electron chi connectivity index (χ1n) is 14.5. The molecule has 8 nitrogen and oxygen atoms in total. The third-order valence-corrected chi connectivity index (χ3v) is 9.98. The van der Waals surface area contributed by atoms with Gasteiger partial charge in [0.15, 0.2) is 0 Å². The molecule has 3 aliphatic heterocycles. The number of halogens is 1. The lowest BCUT2D eigenvalue weighted by atomic mass is 9.70. The number of para-hydroxylation sites is 1. The minimum Gasteiger partial charge on any atom is -0.396 e. The number of nitrogens with zero attached hydrogens (tertiary/aromatic N) is 3. The van der Waals surface area contributed by atoms with Crippen LogP contribution in [0.15, 0.2) is 55.6 Å². The van der Waals surface area contributed by atoms with E-state index in [1.54, 1.807) is 22.0 Å². The molecule has 3 amide bonds. The number of fused-ring (bicyclic) bond motifs is 1. The number of rotatable bonds is 11. The van der Waals surface area contributed by atoms with Crippen molar-refractivity contribution in [3.8, 4) is 0 Å². The number of carbonyl (C=O) groups is 3. The van der Waals surface area contributed by atoms with Crippen LogP contribution in [0.25, 0.3) is 0 Å².